The number of rotatable bonds is 3. The van der Waals surface area contributed by atoms with Gasteiger partial charge in [-0.1, -0.05) is 0 Å². The molecule has 2 rings (SSSR count). The van der Waals surface area contributed by atoms with Gasteiger partial charge in [0.05, 0.1) is 0 Å². The van der Waals surface area contributed by atoms with Crippen LogP contribution in [0.3, 0.4) is 0 Å². The average Bonchev–Trinajstić information content (AvgIpc) is 2.44. The first kappa shape index (κ1) is 18.5. The van der Waals surface area contributed by atoms with Crippen molar-refractivity contribution in [2.24, 2.45) is 5.92 Å². The quantitative estimate of drug-likeness (QED) is 0.886. The number of carbonyl (C=O) groups excluding carboxylic acids is 1. The number of piperidine rings is 1. The molecule has 1 aromatic rings. The fourth-order valence-corrected chi connectivity index (χ4v) is 2.93. The van der Waals surface area contributed by atoms with Crippen molar-refractivity contribution >= 4 is 11.8 Å². The number of benzene rings is 1. The van der Waals surface area contributed by atoms with Crippen molar-refractivity contribution < 1.29 is 18.3 Å². The first-order valence-electron chi connectivity index (χ1n) is 8.34. The summed E-state index contributed by atoms with van der Waals surface area (Å²) in [5.74, 6) is -0.857. The Labute approximate surface area is 142 Å². The minimum Gasteiger partial charge on any atom is -0.444 e. The van der Waals surface area contributed by atoms with Gasteiger partial charge in [0, 0.05) is 30.9 Å². The normalized spacial score (nSPS) is 17.5. The van der Waals surface area contributed by atoms with Crippen LogP contribution in [0.4, 0.5) is 19.3 Å². The predicted molar refractivity (Wildman–Crippen MR) is 90.0 cm³/mol. The van der Waals surface area contributed by atoms with Gasteiger partial charge in [0.25, 0.3) is 0 Å². The predicted octanol–water partition coefficient (Wildman–Crippen LogP) is 4.41. The standard InChI is InChI=1S/C18H26F2N2O2/c1-12(21-16-10-14(19)9-15(20)11-16)13-5-7-22(8-6-13)17(23)24-18(2,3)4/h9-13,21H,5-8H2,1-4H3. The zero-order valence-electron chi connectivity index (χ0n) is 14.7. The molecule has 0 saturated carbocycles. The Balaban J connectivity index is 1.86. The molecule has 0 aliphatic carbocycles. The molecule has 0 bridgehead atoms. The summed E-state index contributed by atoms with van der Waals surface area (Å²) in [5, 5.41) is 3.16. The summed E-state index contributed by atoms with van der Waals surface area (Å²) in [6.45, 7) is 8.80. The Bertz CT molecular complexity index is 559. The third-order valence-electron chi connectivity index (χ3n) is 4.16. The van der Waals surface area contributed by atoms with Gasteiger partial charge in [0.1, 0.15) is 17.2 Å². The van der Waals surface area contributed by atoms with Crippen molar-refractivity contribution in [3.63, 3.8) is 0 Å². The second-order valence-electron chi connectivity index (χ2n) is 7.40. The van der Waals surface area contributed by atoms with E-state index >= 15 is 0 Å². The Hall–Kier alpha value is -1.85. The van der Waals surface area contributed by atoms with E-state index < -0.39 is 17.2 Å². The lowest BCUT2D eigenvalue weighted by Gasteiger charge is -2.36. The van der Waals surface area contributed by atoms with E-state index in [1.807, 2.05) is 27.7 Å². The van der Waals surface area contributed by atoms with Gasteiger partial charge in [-0.15, -0.1) is 0 Å². The lowest BCUT2D eigenvalue weighted by molar-refractivity contribution is 0.0179. The van der Waals surface area contributed by atoms with Gasteiger partial charge >= 0.3 is 6.09 Å². The Morgan fingerprint density at radius 1 is 1.21 bits per heavy atom. The summed E-state index contributed by atoms with van der Waals surface area (Å²) in [5.41, 5.74) is -0.0564. The number of ether oxygens (including phenoxy) is 1. The third kappa shape index (κ3) is 5.35. The Morgan fingerprint density at radius 3 is 2.25 bits per heavy atom. The number of likely N-dealkylation sites (tertiary alicyclic amines) is 1. The smallest absolute Gasteiger partial charge is 0.410 e. The number of nitrogens with zero attached hydrogens (tertiary/aromatic N) is 1. The molecule has 134 valence electrons. The van der Waals surface area contributed by atoms with Crippen LogP contribution in [-0.2, 0) is 4.74 Å². The van der Waals surface area contributed by atoms with E-state index in [1.165, 1.54) is 12.1 Å². The molecule has 1 heterocycles. The summed E-state index contributed by atoms with van der Waals surface area (Å²) in [6.07, 6.45) is 1.37. The molecule has 1 aromatic carbocycles. The van der Waals surface area contributed by atoms with Crippen molar-refractivity contribution in [1.82, 2.24) is 4.90 Å². The van der Waals surface area contributed by atoms with E-state index in [1.54, 1.807) is 4.90 Å². The van der Waals surface area contributed by atoms with E-state index in [9.17, 15) is 13.6 Å². The lowest BCUT2D eigenvalue weighted by atomic mass is 9.90. The van der Waals surface area contributed by atoms with Gasteiger partial charge in [0.2, 0.25) is 0 Å². The van der Waals surface area contributed by atoms with Crippen molar-refractivity contribution in [3.8, 4) is 0 Å². The van der Waals surface area contributed by atoms with E-state index in [2.05, 4.69) is 5.32 Å². The van der Waals surface area contributed by atoms with E-state index in [-0.39, 0.29) is 12.1 Å². The monoisotopic (exact) mass is 340 g/mol. The van der Waals surface area contributed by atoms with Crippen molar-refractivity contribution in [2.45, 2.75) is 52.2 Å². The molecule has 1 atom stereocenters. The summed E-state index contributed by atoms with van der Waals surface area (Å²) in [6, 6.07) is 3.49. The number of halogens is 2. The molecular formula is C18H26F2N2O2. The fourth-order valence-electron chi connectivity index (χ4n) is 2.93. The van der Waals surface area contributed by atoms with Crippen LogP contribution in [0.25, 0.3) is 0 Å². The molecular weight excluding hydrogens is 314 g/mol. The number of amides is 1. The highest BCUT2D eigenvalue weighted by molar-refractivity contribution is 5.68. The Morgan fingerprint density at radius 2 is 1.75 bits per heavy atom. The number of hydrogen-bond acceptors (Lipinski definition) is 3. The van der Waals surface area contributed by atoms with Gasteiger partial charge in [-0.25, -0.2) is 13.6 Å². The number of carbonyl (C=O) groups is 1. The van der Waals surface area contributed by atoms with Gasteiger partial charge < -0.3 is 15.0 Å². The SMILES string of the molecule is CC(Nc1cc(F)cc(F)c1)C1CCN(C(=O)OC(C)(C)C)CC1. The van der Waals surface area contributed by atoms with Crippen LogP contribution in [0.5, 0.6) is 0 Å². The molecule has 6 heteroatoms. The largest absolute Gasteiger partial charge is 0.444 e. The van der Waals surface area contributed by atoms with Gasteiger partial charge in [0.15, 0.2) is 0 Å². The van der Waals surface area contributed by atoms with Crippen LogP contribution in [0.15, 0.2) is 18.2 Å². The number of hydrogen-bond donors (Lipinski definition) is 1. The second kappa shape index (κ2) is 7.36. The maximum Gasteiger partial charge on any atom is 0.410 e. The minimum atomic E-state index is -0.593. The summed E-state index contributed by atoms with van der Waals surface area (Å²) in [7, 11) is 0. The number of anilines is 1. The van der Waals surface area contributed by atoms with Crippen molar-refractivity contribution in [2.75, 3.05) is 18.4 Å². The molecule has 0 radical (unpaired) electrons. The van der Waals surface area contributed by atoms with Crippen LogP contribution < -0.4 is 5.32 Å². The lowest BCUT2D eigenvalue weighted by Crippen LogP contribution is -2.44. The first-order valence-corrected chi connectivity index (χ1v) is 8.34. The Kier molecular flexibility index (Phi) is 5.67. The molecule has 1 saturated heterocycles. The molecule has 1 aliphatic heterocycles. The first-order chi connectivity index (χ1) is 11.1. The number of nitrogens with one attached hydrogen (secondary N) is 1. The molecule has 1 N–H and O–H groups in total. The van der Waals surface area contributed by atoms with E-state index in [0.717, 1.165) is 18.9 Å². The maximum absolute atomic E-state index is 13.3. The highest BCUT2D eigenvalue weighted by atomic mass is 19.1. The van der Waals surface area contributed by atoms with Crippen molar-refractivity contribution in [3.05, 3.63) is 29.8 Å². The fraction of sp³-hybridized carbons (Fsp3) is 0.611. The molecule has 1 aliphatic rings. The average molecular weight is 340 g/mol. The summed E-state index contributed by atoms with van der Waals surface area (Å²) < 4.78 is 31.9. The zero-order chi connectivity index (χ0) is 17.9. The molecule has 1 unspecified atom stereocenters. The molecule has 0 aromatic heterocycles. The van der Waals surface area contributed by atoms with Gasteiger partial charge in [-0.3, -0.25) is 0 Å². The van der Waals surface area contributed by atoms with Crippen LogP contribution in [0, 0.1) is 17.6 Å². The van der Waals surface area contributed by atoms with Gasteiger partial charge in [-0.2, -0.15) is 0 Å². The molecule has 4 nitrogen and oxygen atoms in total. The highest BCUT2D eigenvalue weighted by Gasteiger charge is 2.29. The minimum absolute atomic E-state index is 0.0620. The summed E-state index contributed by atoms with van der Waals surface area (Å²) >= 11 is 0. The third-order valence-corrected chi connectivity index (χ3v) is 4.16. The van der Waals surface area contributed by atoms with Gasteiger partial charge in [-0.05, 0) is 58.6 Å². The van der Waals surface area contributed by atoms with Crippen molar-refractivity contribution in [1.29, 1.82) is 0 Å². The molecule has 24 heavy (non-hydrogen) atoms. The molecule has 1 amide bonds. The van der Waals surface area contributed by atoms with Crippen LogP contribution in [0.1, 0.15) is 40.5 Å². The summed E-state index contributed by atoms with van der Waals surface area (Å²) in [4.78, 5) is 13.8. The zero-order valence-corrected chi connectivity index (χ0v) is 14.7. The van der Waals surface area contributed by atoms with Crippen LogP contribution in [-0.4, -0.2) is 35.7 Å². The molecule has 0 spiro atoms. The van der Waals surface area contributed by atoms with E-state index in [4.69, 9.17) is 4.74 Å². The second-order valence-corrected chi connectivity index (χ2v) is 7.40. The topological polar surface area (TPSA) is 41.6 Å². The van der Waals surface area contributed by atoms with E-state index in [0.29, 0.717) is 24.7 Å². The molecule has 1 fully saturated rings. The maximum atomic E-state index is 13.3. The highest BCUT2D eigenvalue weighted by Crippen LogP contribution is 2.25. The van der Waals surface area contributed by atoms with Crippen LogP contribution in [0.2, 0.25) is 0 Å². The van der Waals surface area contributed by atoms with Crippen LogP contribution >= 0.6 is 0 Å².